The van der Waals surface area contributed by atoms with Crippen LogP contribution in [0.2, 0.25) is 0 Å². The van der Waals surface area contributed by atoms with Crippen molar-refractivity contribution < 1.29 is 9.90 Å². The van der Waals surface area contributed by atoms with Crippen molar-refractivity contribution in [1.82, 2.24) is 4.90 Å². The first-order chi connectivity index (χ1) is 5.15. The summed E-state index contributed by atoms with van der Waals surface area (Å²) in [4.78, 5) is 13.2. The molecule has 11 heavy (non-hydrogen) atoms. The summed E-state index contributed by atoms with van der Waals surface area (Å²) in [7, 11) is 1.95. The minimum Gasteiger partial charge on any atom is -0.515 e. The molecule has 0 aromatic rings. The summed E-state index contributed by atoms with van der Waals surface area (Å²) in [5.41, 5.74) is 0.519. The van der Waals surface area contributed by atoms with Gasteiger partial charge in [-0.25, -0.2) is 0 Å². The van der Waals surface area contributed by atoms with Crippen molar-refractivity contribution >= 4 is 5.78 Å². The average molecular weight is 155 g/mol. The molecule has 3 nitrogen and oxygen atoms in total. The smallest absolute Gasteiger partial charge is 0.164 e. The molecule has 1 heterocycles. The highest BCUT2D eigenvalue weighted by Crippen LogP contribution is 2.15. The SMILES string of the molecule is C[C@H]1CC(=O)/C(=C/O)CN1C. The molecule has 1 rings (SSSR count). The summed E-state index contributed by atoms with van der Waals surface area (Å²) in [6, 6.07) is 0.297. The second-order valence-electron chi connectivity index (χ2n) is 3.05. The quantitative estimate of drug-likeness (QED) is 0.414. The first kappa shape index (κ1) is 8.27. The largest absolute Gasteiger partial charge is 0.515 e. The zero-order valence-electron chi connectivity index (χ0n) is 6.87. The van der Waals surface area contributed by atoms with Crippen LogP contribution in [0.1, 0.15) is 13.3 Å². The summed E-state index contributed by atoms with van der Waals surface area (Å²) < 4.78 is 0. The lowest BCUT2D eigenvalue weighted by Crippen LogP contribution is -2.39. The van der Waals surface area contributed by atoms with Crippen LogP contribution in [-0.2, 0) is 4.79 Å². The Bertz CT molecular complexity index is 198. The molecular weight excluding hydrogens is 142 g/mol. The van der Waals surface area contributed by atoms with Gasteiger partial charge in [-0.15, -0.1) is 0 Å². The van der Waals surface area contributed by atoms with Crippen molar-refractivity contribution in [2.24, 2.45) is 0 Å². The number of carbonyl (C=O) groups is 1. The maximum atomic E-state index is 11.1. The van der Waals surface area contributed by atoms with Gasteiger partial charge in [0.1, 0.15) is 0 Å². The van der Waals surface area contributed by atoms with Gasteiger partial charge >= 0.3 is 0 Å². The van der Waals surface area contributed by atoms with Crippen molar-refractivity contribution in [2.45, 2.75) is 19.4 Å². The molecule has 0 unspecified atom stereocenters. The number of likely N-dealkylation sites (tertiary alicyclic amines) is 1. The lowest BCUT2D eigenvalue weighted by molar-refractivity contribution is -0.118. The fourth-order valence-corrected chi connectivity index (χ4v) is 1.18. The topological polar surface area (TPSA) is 40.5 Å². The van der Waals surface area contributed by atoms with Crippen molar-refractivity contribution in [2.75, 3.05) is 13.6 Å². The van der Waals surface area contributed by atoms with Crippen LogP contribution in [0.15, 0.2) is 11.8 Å². The first-order valence-electron chi connectivity index (χ1n) is 3.72. The number of likely N-dealkylation sites (N-methyl/N-ethyl adjacent to an activating group) is 1. The fraction of sp³-hybridized carbons (Fsp3) is 0.625. The highest BCUT2D eigenvalue weighted by atomic mass is 16.2. The van der Waals surface area contributed by atoms with Gasteiger partial charge in [0.25, 0.3) is 0 Å². The Labute approximate surface area is 66.3 Å². The maximum Gasteiger partial charge on any atom is 0.164 e. The van der Waals surface area contributed by atoms with Crippen molar-refractivity contribution in [1.29, 1.82) is 0 Å². The molecule has 1 saturated heterocycles. The third kappa shape index (κ3) is 1.60. The van der Waals surface area contributed by atoms with Gasteiger partial charge in [-0.3, -0.25) is 9.69 Å². The maximum absolute atomic E-state index is 11.1. The van der Waals surface area contributed by atoms with Crippen molar-refractivity contribution in [3.63, 3.8) is 0 Å². The van der Waals surface area contributed by atoms with Crippen molar-refractivity contribution in [3.8, 4) is 0 Å². The highest BCUT2D eigenvalue weighted by Gasteiger charge is 2.24. The molecule has 0 aliphatic carbocycles. The molecule has 0 bridgehead atoms. The number of aliphatic hydroxyl groups is 1. The Kier molecular flexibility index (Phi) is 2.29. The number of rotatable bonds is 0. The van der Waals surface area contributed by atoms with E-state index in [2.05, 4.69) is 0 Å². The number of hydrogen-bond acceptors (Lipinski definition) is 3. The predicted molar refractivity (Wildman–Crippen MR) is 42.4 cm³/mol. The van der Waals surface area contributed by atoms with Crippen LogP contribution in [0.4, 0.5) is 0 Å². The van der Waals surface area contributed by atoms with Crippen LogP contribution < -0.4 is 0 Å². The van der Waals surface area contributed by atoms with Crippen LogP contribution in [-0.4, -0.2) is 35.4 Å². The van der Waals surface area contributed by atoms with E-state index in [-0.39, 0.29) is 5.78 Å². The molecule has 1 N–H and O–H groups in total. The molecule has 3 heteroatoms. The molecule has 1 aliphatic rings. The zero-order valence-corrected chi connectivity index (χ0v) is 6.87. The minimum atomic E-state index is 0.0677. The molecule has 0 aromatic heterocycles. The van der Waals surface area contributed by atoms with E-state index >= 15 is 0 Å². The molecule has 0 radical (unpaired) electrons. The zero-order chi connectivity index (χ0) is 8.43. The molecule has 0 aromatic carbocycles. The Balaban J connectivity index is 2.70. The number of piperidine rings is 1. The molecule has 0 saturated carbocycles. The van der Waals surface area contributed by atoms with Gasteiger partial charge in [0.05, 0.1) is 6.26 Å². The van der Waals surface area contributed by atoms with Gasteiger partial charge < -0.3 is 5.11 Å². The van der Waals surface area contributed by atoms with Gasteiger partial charge in [0.2, 0.25) is 0 Å². The molecule has 1 atom stereocenters. The Morgan fingerprint density at radius 1 is 1.73 bits per heavy atom. The van der Waals surface area contributed by atoms with E-state index < -0.39 is 0 Å². The second kappa shape index (κ2) is 3.05. The van der Waals surface area contributed by atoms with E-state index in [0.29, 0.717) is 24.6 Å². The number of carbonyl (C=O) groups excluding carboxylic acids is 1. The summed E-state index contributed by atoms with van der Waals surface area (Å²) in [5, 5.41) is 8.66. The van der Waals surface area contributed by atoms with Gasteiger partial charge in [-0.1, -0.05) is 0 Å². The van der Waals surface area contributed by atoms with Gasteiger partial charge in [0.15, 0.2) is 5.78 Å². The number of aliphatic hydroxyl groups excluding tert-OH is 1. The van der Waals surface area contributed by atoms with E-state index in [1.165, 1.54) is 0 Å². The third-order valence-electron chi connectivity index (χ3n) is 2.17. The Morgan fingerprint density at radius 2 is 2.36 bits per heavy atom. The second-order valence-corrected chi connectivity index (χ2v) is 3.05. The summed E-state index contributed by atoms with van der Waals surface area (Å²) >= 11 is 0. The van der Waals surface area contributed by atoms with Gasteiger partial charge in [-0.05, 0) is 14.0 Å². The summed E-state index contributed by atoms with van der Waals surface area (Å²) in [5.74, 6) is 0.0677. The van der Waals surface area contributed by atoms with E-state index in [1.807, 2.05) is 18.9 Å². The van der Waals surface area contributed by atoms with Crippen LogP contribution in [0.25, 0.3) is 0 Å². The highest BCUT2D eigenvalue weighted by molar-refractivity contribution is 5.96. The Hall–Kier alpha value is -0.830. The molecule has 1 fully saturated rings. The fourth-order valence-electron chi connectivity index (χ4n) is 1.18. The predicted octanol–water partition coefficient (Wildman–Crippen LogP) is 0.721. The standard InChI is InChI=1S/C8H13NO2/c1-6-3-8(11)7(5-10)4-9(6)2/h5-6,10H,3-4H2,1-2H3/b7-5+/t6-/m0/s1. The van der Waals surface area contributed by atoms with Crippen LogP contribution >= 0.6 is 0 Å². The molecule has 1 aliphatic heterocycles. The Morgan fingerprint density at radius 3 is 2.91 bits per heavy atom. The lowest BCUT2D eigenvalue weighted by Gasteiger charge is -2.29. The van der Waals surface area contributed by atoms with Crippen LogP contribution in [0, 0.1) is 0 Å². The minimum absolute atomic E-state index is 0.0677. The monoisotopic (exact) mass is 155 g/mol. The molecule has 62 valence electrons. The van der Waals surface area contributed by atoms with E-state index in [0.717, 1.165) is 6.26 Å². The third-order valence-corrected chi connectivity index (χ3v) is 2.17. The average Bonchev–Trinajstić information content (AvgIpc) is 1.97. The van der Waals surface area contributed by atoms with Gasteiger partial charge in [0, 0.05) is 24.6 Å². The van der Waals surface area contributed by atoms with E-state index in [1.54, 1.807) is 0 Å². The van der Waals surface area contributed by atoms with Gasteiger partial charge in [-0.2, -0.15) is 0 Å². The molecule has 0 amide bonds. The van der Waals surface area contributed by atoms with E-state index in [9.17, 15) is 4.79 Å². The number of hydrogen-bond donors (Lipinski definition) is 1. The van der Waals surface area contributed by atoms with Crippen LogP contribution in [0.5, 0.6) is 0 Å². The number of ketones is 1. The first-order valence-corrected chi connectivity index (χ1v) is 3.72. The van der Waals surface area contributed by atoms with Crippen molar-refractivity contribution in [3.05, 3.63) is 11.8 Å². The lowest BCUT2D eigenvalue weighted by atomic mass is 9.99. The number of Topliss-reactive ketones (excluding diaryl/α,β-unsaturated/α-hetero) is 1. The molecule has 0 spiro atoms. The summed E-state index contributed by atoms with van der Waals surface area (Å²) in [6.45, 7) is 2.57. The van der Waals surface area contributed by atoms with E-state index in [4.69, 9.17) is 5.11 Å². The normalized spacial score (nSPS) is 31.3. The summed E-state index contributed by atoms with van der Waals surface area (Å²) in [6.07, 6.45) is 1.44. The molecular formula is C8H13NO2. The van der Waals surface area contributed by atoms with Crippen LogP contribution in [0.3, 0.4) is 0 Å². The number of nitrogens with zero attached hydrogens (tertiary/aromatic N) is 1.